The molecule has 1 aliphatic rings. The molecule has 7 aromatic rings. The highest BCUT2D eigenvalue weighted by Crippen LogP contribution is 2.47. The summed E-state index contributed by atoms with van der Waals surface area (Å²) in [5.74, 6) is 0. The van der Waals surface area contributed by atoms with Crippen LogP contribution in [0.4, 0.5) is 0 Å². The topological polar surface area (TPSA) is 12.9 Å². The third kappa shape index (κ3) is 4.52. The molecule has 0 saturated heterocycles. The summed E-state index contributed by atoms with van der Waals surface area (Å²) in [5, 5.41) is 1.32. The molecule has 0 unspecified atom stereocenters. The molecule has 204 valence electrons. The van der Waals surface area contributed by atoms with Gasteiger partial charge in [0, 0.05) is 31.7 Å². The van der Waals surface area contributed by atoms with Crippen LogP contribution in [0.25, 0.3) is 59.7 Å². The number of benzene rings is 5. The van der Waals surface area contributed by atoms with Crippen molar-refractivity contribution in [3.8, 4) is 44.1 Å². The highest BCUT2D eigenvalue weighted by Gasteiger charge is 2.23. The molecule has 43 heavy (non-hydrogen) atoms. The lowest BCUT2D eigenvalue weighted by Gasteiger charge is -2.16. The molecule has 8 rings (SSSR count). The van der Waals surface area contributed by atoms with Crippen molar-refractivity contribution in [2.75, 3.05) is 0 Å². The van der Waals surface area contributed by atoms with Crippen LogP contribution >= 0.6 is 11.3 Å². The number of hydrogen-bond donors (Lipinski definition) is 0. The fourth-order valence-corrected chi connectivity index (χ4v) is 7.67. The van der Waals surface area contributed by atoms with Crippen molar-refractivity contribution < 1.29 is 0 Å². The van der Waals surface area contributed by atoms with Crippen LogP contribution in [0.3, 0.4) is 0 Å². The predicted octanol–water partition coefficient (Wildman–Crippen LogP) is 11.3. The zero-order valence-electron chi connectivity index (χ0n) is 23.9. The van der Waals surface area contributed by atoms with Gasteiger partial charge in [0.2, 0.25) is 0 Å². The van der Waals surface area contributed by atoms with Gasteiger partial charge < -0.3 is 0 Å². The minimum Gasteiger partial charge on any atom is -0.247 e. The van der Waals surface area contributed by atoms with Crippen molar-refractivity contribution >= 4 is 27.0 Å². The minimum atomic E-state index is 0.907. The fourth-order valence-electron chi connectivity index (χ4n) is 6.40. The summed E-state index contributed by atoms with van der Waals surface area (Å²) in [5.41, 5.74) is 14.5. The average Bonchev–Trinajstić information content (AvgIpc) is 3.37. The molecule has 1 aliphatic carbocycles. The van der Waals surface area contributed by atoms with E-state index < -0.39 is 0 Å². The monoisotopic (exact) mass is 567 g/mol. The largest absolute Gasteiger partial charge is 0.247 e. The molecule has 0 spiro atoms. The Hall–Kier alpha value is -5.05. The Balaban J connectivity index is 1.32. The van der Waals surface area contributed by atoms with Crippen molar-refractivity contribution in [2.45, 2.75) is 13.3 Å². The van der Waals surface area contributed by atoms with Crippen LogP contribution in [-0.4, -0.2) is 4.98 Å². The van der Waals surface area contributed by atoms with Crippen LogP contribution in [0.5, 0.6) is 0 Å². The third-order valence-electron chi connectivity index (χ3n) is 8.53. The van der Waals surface area contributed by atoms with E-state index in [-0.39, 0.29) is 0 Å². The maximum atomic E-state index is 5.30. The van der Waals surface area contributed by atoms with Gasteiger partial charge in [-0.15, -0.1) is 11.3 Å². The van der Waals surface area contributed by atoms with Gasteiger partial charge in [-0.2, -0.15) is 0 Å². The van der Waals surface area contributed by atoms with E-state index in [1.165, 1.54) is 59.5 Å². The Morgan fingerprint density at radius 2 is 1.26 bits per heavy atom. The van der Waals surface area contributed by atoms with Crippen LogP contribution in [-0.2, 0) is 6.42 Å². The van der Waals surface area contributed by atoms with Gasteiger partial charge in [-0.25, -0.2) is 4.98 Å². The van der Waals surface area contributed by atoms with Crippen LogP contribution in [0, 0.1) is 6.92 Å². The van der Waals surface area contributed by atoms with E-state index in [2.05, 4.69) is 153 Å². The molecule has 0 fully saturated rings. The van der Waals surface area contributed by atoms with Crippen LogP contribution in [0.1, 0.15) is 22.3 Å². The maximum Gasteiger partial charge on any atom is 0.0744 e. The second-order valence-corrected chi connectivity index (χ2v) is 12.2. The summed E-state index contributed by atoms with van der Waals surface area (Å²) in [7, 11) is 0. The Kier molecular flexibility index (Phi) is 6.35. The number of fused-ring (bicyclic) bond motifs is 5. The first kappa shape index (κ1) is 25.6. The first-order chi connectivity index (χ1) is 21.2. The van der Waals surface area contributed by atoms with Crippen molar-refractivity contribution in [1.29, 1.82) is 0 Å². The molecule has 2 aromatic heterocycles. The number of pyridine rings is 1. The number of aromatic nitrogens is 1. The second kappa shape index (κ2) is 10.7. The van der Waals surface area contributed by atoms with Gasteiger partial charge in [0.15, 0.2) is 0 Å². The highest BCUT2D eigenvalue weighted by molar-refractivity contribution is 7.22. The van der Waals surface area contributed by atoms with Gasteiger partial charge in [-0.1, -0.05) is 127 Å². The van der Waals surface area contributed by atoms with E-state index in [1.807, 2.05) is 11.3 Å². The third-order valence-corrected chi connectivity index (χ3v) is 9.73. The van der Waals surface area contributed by atoms with E-state index in [9.17, 15) is 0 Å². The number of thiophene rings is 1. The van der Waals surface area contributed by atoms with Crippen molar-refractivity contribution in [3.05, 3.63) is 168 Å². The summed E-state index contributed by atoms with van der Waals surface area (Å²) in [6, 6.07) is 50.1. The number of nitrogens with zero attached hydrogens (tertiary/aromatic N) is 1. The molecular formula is C41H29NS. The second-order valence-electron chi connectivity index (χ2n) is 11.1. The summed E-state index contributed by atoms with van der Waals surface area (Å²) in [6.45, 7) is 2.19. The molecule has 2 heteroatoms. The Morgan fingerprint density at radius 3 is 2.09 bits per heavy atom. The number of rotatable bonds is 4. The van der Waals surface area contributed by atoms with Crippen molar-refractivity contribution in [3.63, 3.8) is 0 Å². The van der Waals surface area contributed by atoms with Gasteiger partial charge in [0.1, 0.15) is 0 Å². The summed E-state index contributed by atoms with van der Waals surface area (Å²) < 4.78 is 1.33. The van der Waals surface area contributed by atoms with Gasteiger partial charge in [0.05, 0.1) is 11.4 Å². The molecule has 0 atom stereocenters. The SMILES string of the molecule is Cc1c(-c2ccccc2)cc(-c2cccc(C3=CCc4ccccc4-c4sc5ccccc5c43)c2)nc1-c1ccccc1. The zero-order valence-corrected chi connectivity index (χ0v) is 24.7. The minimum absolute atomic E-state index is 0.907. The molecule has 0 bridgehead atoms. The maximum absolute atomic E-state index is 5.30. The fraction of sp³-hybridized carbons (Fsp3) is 0.0488. The molecule has 1 nitrogen and oxygen atoms in total. The normalized spacial score (nSPS) is 12.3. The lowest BCUT2D eigenvalue weighted by molar-refractivity contribution is 1.27. The molecule has 0 aliphatic heterocycles. The summed E-state index contributed by atoms with van der Waals surface area (Å²) in [6.07, 6.45) is 3.33. The van der Waals surface area contributed by atoms with E-state index >= 15 is 0 Å². The van der Waals surface area contributed by atoms with Gasteiger partial charge in [0.25, 0.3) is 0 Å². The first-order valence-corrected chi connectivity index (χ1v) is 15.6. The Morgan fingerprint density at radius 1 is 0.581 bits per heavy atom. The molecule has 0 amide bonds. The zero-order chi connectivity index (χ0) is 28.8. The molecule has 0 saturated carbocycles. The Bertz CT molecular complexity index is 2090. The molecule has 0 radical (unpaired) electrons. The van der Waals surface area contributed by atoms with Gasteiger partial charge in [-0.3, -0.25) is 0 Å². The quantitative estimate of drug-likeness (QED) is 0.206. The lowest BCUT2D eigenvalue weighted by Crippen LogP contribution is -1.97. The average molecular weight is 568 g/mol. The summed E-state index contributed by atoms with van der Waals surface area (Å²) in [4.78, 5) is 6.66. The van der Waals surface area contributed by atoms with Crippen LogP contribution in [0.2, 0.25) is 0 Å². The number of allylic oxidation sites excluding steroid dienone is 1. The number of hydrogen-bond acceptors (Lipinski definition) is 2. The van der Waals surface area contributed by atoms with Gasteiger partial charge >= 0.3 is 0 Å². The van der Waals surface area contributed by atoms with Crippen molar-refractivity contribution in [2.24, 2.45) is 0 Å². The summed E-state index contributed by atoms with van der Waals surface area (Å²) >= 11 is 1.90. The molecule has 5 aromatic carbocycles. The Labute approximate surface area is 256 Å². The lowest BCUT2D eigenvalue weighted by atomic mass is 9.91. The van der Waals surface area contributed by atoms with Crippen molar-refractivity contribution in [1.82, 2.24) is 4.98 Å². The molecule has 2 heterocycles. The first-order valence-electron chi connectivity index (χ1n) is 14.8. The standard InChI is InChI=1S/C41H29NS/c1-27-36(28-13-4-2-5-14-28)26-37(42-40(27)30-16-6-3-7-17-30)32-19-12-18-31(25-32)33-24-23-29-15-8-9-20-34(29)41-39(33)35-21-10-11-22-38(35)43-41/h2-22,24-26H,23H2,1H3. The van der Waals surface area contributed by atoms with Gasteiger partial charge in [-0.05, 0) is 70.5 Å². The van der Waals surface area contributed by atoms with E-state index in [1.54, 1.807) is 0 Å². The van der Waals surface area contributed by atoms with Crippen LogP contribution < -0.4 is 0 Å². The van der Waals surface area contributed by atoms with E-state index in [0.717, 1.165) is 28.9 Å². The highest BCUT2D eigenvalue weighted by atomic mass is 32.1. The molecular weight excluding hydrogens is 539 g/mol. The van der Waals surface area contributed by atoms with E-state index in [0.29, 0.717) is 0 Å². The van der Waals surface area contributed by atoms with E-state index in [4.69, 9.17) is 4.98 Å². The predicted molar refractivity (Wildman–Crippen MR) is 183 cm³/mol. The smallest absolute Gasteiger partial charge is 0.0744 e. The molecule has 0 N–H and O–H groups in total. The van der Waals surface area contributed by atoms with Crippen LogP contribution in [0.15, 0.2) is 146 Å².